The number of para-hydroxylation sites is 1. The Morgan fingerprint density at radius 1 is 1.15 bits per heavy atom. The van der Waals surface area contributed by atoms with E-state index in [-0.39, 0.29) is 11.5 Å². The molecule has 0 saturated carbocycles. The lowest BCUT2D eigenvalue weighted by atomic mass is 9.89. The molecular weight excluding hydrogens is 416 g/mol. The number of hydrogen-bond donors (Lipinski definition) is 1. The average molecular weight is 445 g/mol. The minimum Gasteiger partial charge on any atom is -0.497 e. The number of fused-ring (bicyclic) bond motifs is 2. The summed E-state index contributed by atoms with van der Waals surface area (Å²) < 4.78 is 10.7. The van der Waals surface area contributed by atoms with Gasteiger partial charge in [0.1, 0.15) is 11.3 Å². The summed E-state index contributed by atoms with van der Waals surface area (Å²) in [5.74, 6) is 1.20. The summed E-state index contributed by atoms with van der Waals surface area (Å²) in [6.07, 6.45) is 4.71. The Morgan fingerprint density at radius 2 is 1.94 bits per heavy atom. The van der Waals surface area contributed by atoms with Gasteiger partial charge in [-0.25, -0.2) is 4.79 Å². The van der Waals surface area contributed by atoms with Crippen LogP contribution < -0.4 is 10.4 Å². The molecule has 1 saturated heterocycles. The van der Waals surface area contributed by atoms with Crippen molar-refractivity contribution in [2.24, 2.45) is 0 Å². The molecule has 1 aliphatic rings. The highest BCUT2D eigenvalue weighted by Crippen LogP contribution is 2.33. The number of carbonyl (C=O) groups excluding carboxylic acids is 1. The summed E-state index contributed by atoms with van der Waals surface area (Å²) in [5.41, 5.74) is 4.09. The van der Waals surface area contributed by atoms with Crippen LogP contribution in [0.1, 0.15) is 41.9 Å². The molecule has 0 bridgehead atoms. The Labute approximate surface area is 192 Å². The minimum atomic E-state index is -0.376. The first-order chi connectivity index (χ1) is 16.0. The first-order valence-electron chi connectivity index (χ1n) is 11.5. The van der Waals surface area contributed by atoms with E-state index in [2.05, 4.69) is 29.4 Å². The number of nitrogens with zero attached hydrogens (tertiary/aromatic N) is 1. The van der Waals surface area contributed by atoms with Crippen molar-refractivity contribution in [1.82, 2.24) is 9.88 Å². The number of ether oxygens (including phenoxy) is 1. The topological polar surface area (TPSA) is 75.5 Å². The SMILES string of the molecule is COc1ccc2c(C)c(CCC(=O)N3CCC(c4c[nH]c5ccccc45)CC3)c(=O)oc2c1. The Balaban J connectivity index is 1.24. The fourth-order valence-corrected chi connectivity index (χ4v) is 5.05. The van der Waals surface area contributed by atoms with Crippen molar-refractivity contribution in [2.75, 3.05) is 20.2 Å². The maximum atomic E-state index is 12.9. The van der Waals surface area contributed by atoms with E-state index in [0.29, 0.717) is 35.7 Å². The monoisotopic (exact) mass is 444 g/mol. The zero-order chi connectivity index (χ0) is 22.9. The number of methoxy groups -OCH3 is 1. The molecule has 1 amide bonds. The van der Waals surface area contributed by atoms with Gasteiger partial charge in [-0.1, -0.05) is 18.2 Å². The van der Waals surface area contributed by atoms with Crippen LogP contribution in [0.5, 0.6) is 5.75 Å². The Hall–Kier alpha value is -3.54. The Bertz CT molecular complexity index is 1380. The third kappa shape index (κ3) is 4.01. The van der Waals surface area contributed by atoms with Gasteiger partial charge in [0, 0.05) is 53.6 Å². The van der Waals surface area contributed by atoms with Crippen LogP contribution in [0.15, 0.2) is 57.9 Å². The summed E-state index contributed by atoms with van der Waals surface area (Å²) in [4.78, 5) is 30.8. The molecule has 0 radical (unpaired) electrons. The molecule has 1 N–H and O–H groups in total. The fraction of sp³-hybridized carbons (Fsp3) is 0.333. The highest BCUT2D eigenvalue weighted by atomic mass is 16.5. The number of benzene rings is 2. The number of rotatable bonds is 5. The second kappa shape index (κ2) is 8.77. The van der Waals surface area contributed by atoms with Crippen LogP contribution >= 0.6 is 0 Å². The van der Waals surface area contributed by atoms with E-state index in [1.54, 1.807) is 13.2 Å². The van der Waals surface area contributed by atoms with Crippen LogP contribution in [0.3, 0.4) is 0 Å². The van der Waals surface area contributed by atoms with E-state index in [9.17, 15) is 9.59 Å². The van der Waals surface area contributed by atoms with Crippen molar-refractivity contribution in [3.8, 4) is 5.75 Å². The van der Waals surface area contributed by atoms with Gasteiger partial charge in [-0.2, -0.15) is 0 Å². The van der Waals surface area contributed by atoms with Gasteiger partial charge < -0.3 is 19.0 Å². The molecule has 1 aliphatic heterocycles. The highest BCUT2D eigenvalue weighted by Gasteiger charge is 2.25. The van der Waals surface area contributed by atoms with Gasteiger partial charge in [0.15, 0.2) is 0 Å². The number of amides is 1. The summed E-state index contributed by atoms with van der Waals surface area (Å²) in [5, 5.41) is 2.15. The van der Waals surface area contributed by atoms with Gasteiger partial charge in [0.25, 0.3) is 0 Å². The summed E-state index contributed by atoms with van der Waals surface area (Å²) >= 11 is 0. The van der Waals surface area contributed by atoms with E-state index in [0.717, 1.165) is 42.4 Å². The van der Waals surface area contributed by atoms with Crippen LogP contribution in [-0.2, 0) is 11.2 Å². The molecule has 33 heavy (non-hydrogen) atoms. The quantitative estimate of drug-likeness (QED) is 0.443. The number of H-pyrrole nitrogens is 1. The van der Waals surface area contributed by atoms with Crippen LogP contribution in [0, 0.1) is 6.92 Å². The summed E-state index contributed by atoms with van der Waals surface area (Å²) in [7, 11) is 1.58. The predicted octanol–water partition coefficient (Wildman–Crippen LogP) is 4.93. The van der Waals surface area contributed by atoms with Crippen LogP contribution in [0.4, 0.5) is 0 Å². The van der Waals surface area contributed by atoms with E-state index in [1.807, 2.05) is 30.0 Å². The van der Waals surface area contributed by atoms with E-state index in [4.69, 9.17) is 9.15 Å². The third-order valence-electron chi connectivity index (χ3n) is 6.99. The minimum absolute atomic E-state index is 0.0982. The van der Waals surface area contributed by atoms with Crippen LogP contribution in [0.2, 0.25) is 0 Å². The molecule has 6 heteroatoms. The lowest BCUT2D eigenvalue weighted by molar-refractivity contribution is -0.132. The van der Waals surface area contributed by atoms with Crippen molar-refractivity contribution >= 4 is 27.8 Å². The molecule has 4 aromatic rings. The van der Waals surface area contributed by atoms with Gasteiger partial charge in [0.2, 0.25) is 5.91 Å². The molecule has 2 aromatic heterocycles. The Kier molecular flexibility index (Phi) is 5.67. The van der Waals surface area contributed by atoms with Crippen molar-refractivity contribution in [3.05, 3.63) is 75.8 Å². The zero-order valence-corrected chi connectivity index (χ0v) is 19.0. The fourth-order valence-electron chi connectivity index (χ4n) is 5.05. The van der Waals surface area contributed by atoms with Crippen molar-refractivity contribution in [2.45, 2.75) is 38.5 Å². The number of carbonyl (C=O) groups is 1. The molecule has 0 spiro atoms. The summed E-state index contributed by atoms with van der Waals surface area (Å²) in [6, 6.07) is 13.8. The first-order valence-corrected chi connectivity index (χ1v) is 11.5. The molecule has 1 fully saturated rings. The van der Waals surface area contributed by atoms with E-state index in [1.165, 1.54) is 10.9 Å². The largest absolute Gasteiger partial charge is 0.497 e. The van der Waals surface area contributed by atoms with Crippen molar-refractivity contribution in [1.29, 1.82) is 0 Å². The maximum Gasteiger partial charge on any atom is 0.339 e. The van der Waals surface area contributed by atoms with Crippen molar-refractivity contribution in [3.63, 3.8) is 0 Å². The highest BCUT2D eigenvalue weighted by molar-refractivity contribution is 5.84. The molecule has 5 rings (SSSR count). The number of aromatic nitrogens is 1. The van der Waals surface area contributed by atoms with Gasteiger partial charge in [-0.05, 0) is 61.4 Å². The molecule has 170 valence electrons. The zero-order valence-electron chi connectivity index (χ0n) is 19.0. The van der Waals surface area contributed by atoms with Gasteiger partial charge in [-0.15, -0.1) is 0 Å². The normalized spacial score (nSPS) is 14.8. The summed E-state index contributed by atoms with van der Waals surface area (Å²) in [6.45, 7) is 3.40. The molecule has 3 heterocycles. The molecule has 0 atom stereocenters. The number of aromatic amines is 1. The second-order valence-corrected chi connectivity index (χ2v) is 8.80. The lowest BCUT2D eigenvalue weighted by Gasteiger charge is -2.32. The standard InChI is InChI=1S/C27H28N2O4/c1-17-20-8-7-19(32-2)15-25(20)33-27(31)21(17)9-10-26(30)29-13-11-18(12-14-29)23-16-28-24-6-4-3-5-22(23)24/h3-8,15-16,18,28H,9-14H2,1-2H3. The molecule has 6 nitrogen and oxygen atoms in total. The number of likely N-dealkylation sites (tertiary alicyclic amines) is 1. The van der Waals surface area contributed by atoms with E-state index < -0.39 is 0 Å². The molecule has 0 unspecified atom stereocenters. The predicted molar refractivity (Wildman–Crippen MR) is 129 cm³/mol. The third-order valence-corrected chi connectivity index (χ3v) is 6.99. The van der Waals surface area contributed by atoms with Gasteiger partial charge >= 0.3 is 5.63 Å². The lowest BCUT2D eigenvalue weighted by Crippen LogP contribution is -2.38. The molecule has 2 aromatic carbocycles. The first kappa shape index (κ1) is 21.3. The van der Waals surface area contributed by atoms with Gasteiger partial charge in [0.05, 0.1) is 7.11 Å². The van der Waals surface area contributed by atoms with Crippen LogP contribution in [0.25, 0.3) is 21.9 Å². The van der Waals surface area contributed by atoms with Gasteiger partial charge in [-0.3, -0.25) is 4.79 Å². The molecule has 0 aliphatic carbocycles. The molecular formula is C27H28N2O4. The van der Waals surface area contributed by atoms with Crippen molar-refractivity contribution < 1.29 is 13.9 Å². The number of aryl methyl sites for hydroxylation is 1. The number of piperidine rings is 1. The second-order valence-electron chi connectivity index (χ2n) is 8.80. The van der Waals surface area contributed by atoms with E-state index >= 15 is 0 Å². The maximum absolute atomic E-state index is 12.9. The number of hydrogen-bond acceptors (Lipinski definition) is 4. The average Bonchev–Trinajstić information content (AvgIpc) is 3.27. The van der Waals surface area contributed by atoms with Crippen LogP contribution in [-0.4, -0.2) is 36.0 Å². The Morgan fingerprint density at radius 3 is 2.73 bits per heavy atom. The number of nitrogens with one attached hydrogen (secondary N) is 1. The smallest absolute Gasteiger partial charge is 0.339 e.